The number of unbranched alkanes of at least 4 members (excludes halogenated alkanes) is 7. The fourth-order valence-corrected chi connectivity index (χ4v) is 2.27. The van der Waals surface area contributed by atoms with Gasteiger partial charge in [-0.25, -0.2) is 8.42 Å². The van der Waals surface area contributed by atoms with E-state index >= 15 is 0 Å². The van der Waals surface area contributed by atoms with Crippen molar-refractivity contribution in [3.63, 3.8) is 0 Å². The molecule has 0 aromatic heterocycles. The minimum absolute atomic E-state index is 0.0824. The zero-order valence-electron chi connectivity index (χ0n) is 11.0. The topological polar surface area (TPSA) is 86.7 Å². The molecule has 0 radical (unpaired) electrons. The van der Waals surface area contributed by atoms with E-state index in [1.807, 2.05) is 0 Å². The Bertz CT molecular complexity index is 264. The number of hydrogen-bond acceptors (Lipinski definition) is 5. The lowest BCUT2D eigenvalue weighted by Gasteiger charge is -2.06. The summed E-state index contributed by atoms with van der Waals surface area (Å²) >= 11 is 0. The number of rotatable bonds is 13. The molecule has 1 N–H and O–H groups in total. The molecule has 0 aliphatic heterocycles. The van der Waals surface area contributed by atoms with E-state index in [2.05, 4.69) is 0 Å². The van der Waals surface area contributed by atoms with E-state index in [1.54, 1.807) is 0 Å². The van der Waals surface area contributed by atoms with Gasteiger partial charge in [0.25, 0.3) is 0 Å². The van der Waals surface area contributed by atoms with Crippen LogP contribution in [0.3, 0.4) is 0 Å². The predicted molar refractivity (Wildman–Crippen MR) is 69.4 cm³/mol. The molecule has 0 amide bonds. The molecule has 110 valence electrons. The highest BCUT2D eigenvalue weighted by Crippen LogP contribution is 2.09. The molecule has 0 aliphatic rings. The molecule has 0 bridgehead atoms. The van der Waals surface area contributed by atoms with Gasteiger partial charge in [0.05, 0.1) is 23.3 Å². The van der Waals surface area contributed by atoms with Crippen LogP contribution in [0.1, 0.15) is 51.4 Å². The van der Waals surface area contributed by atoms with Gasteiger partial charge in [0.1, 0.15) is 0 Å². The minimum atomic E-state index is -4.02. The molecule has 5 nitrogen and oxygen atoms in total. The molecule has 0 heterocycles. The van der Waals surface area contributed by atoms with Crippen LogP contribution in [0.5, 0.6) is 0 Å². The molecule has 0 atom stereocenters. The monoisotopic (exact) mass is 281 g/mol. The summed E-state index contributed by atoms with van der Waals surface area (Å²) in [5, 5.41) is 8.48. The second-order valence-corrected chi connectivity index (χ2v) is 5.95. The van der Waals surface area contributed by atoms with Gasteiger partial charge in [0.2, 0.25) is 0 Å². The van der Waals surface area contributed by atoms with Crippen LogP contribution in [0.25, 0.3) is 0 Å². The summed E-state index contributed by atoms with van der Waals surface area (Å²) in [6.07, 6.45) is 7.84. The largest absolute Gasteiger partial charge is 0.748 e. The van der Waals surface area contributed by atoms with Gasteiger partial charge >= 0.3 is 0 Å². The van der Waals surface area contributed by atoms with Gasteiger partial charge in [0, 0.05) is 12.4 Å². The van der Waals surface area contributed by atoms with Crippen molar-refractivity contribution < 1.29 is 22.8 Å². The molecular formula is C12H25O5S-. The van der Waals surface area contributed by atoms with E-state index in [4.69, 9.17) is 9.84 Å². The molecule has 18 heavy (non-hydrogen) atoms. The summed E-state index contributed by atoms with van der Waals surface area (Å²) in [6, 6.07) is 0. The Hall–Kier alpha value is -0.170. The number of ether oxygens (including phenoxy) is 1. The van der Waals surface area contributed by atoms with Crippen molar-refractivity contribution in [1.82, 2.24) is 0 Å². The molecule has 0 saturated carbocycles. The van der Waals surface area contributed by atoms with E-state index < -0.39 is 10.1 Å². The maximum atomic E-state index is 10.3. The number of hydrogen-bond donors (Lipinski definition) is 1. The normalized spacial score (nSPS) is 11.9. The van der Waals surface area contributed by atoms with Crippen LogP contribution in [0.2, 0.25) is 0 Å². The molecule has 0 saturated heterocycles. The van der Waals surface area contributed by atoms with Gasteiger partial charge in [-0.3, -0.25) is 0 Å². The maximum absolute atomic E-state index is 10.3. The molecule has 0 unspecified atom stereocenters. The SMILES string of the molecule is O=S(=O)([O-])CCCCCCCCCCOCCO. The van der Waals surface area contributed by atoms with E-state index in [1.165, 1.54) is 0 Å². The molecular weight excluding hydrogens is 256 g/mol. The first-order valence-electron chi connectivity index (χ1n) is 6.68. The second-order valence-electron chi connectivity index (χ2n) is 4.43. The average Bonchev–Trinajstić information content (AvgIpc) is 2.29. The van der Waals surface area contributed by atoms with Crippen LogP contribution in [0.4, 0.5) is 0 Å². The Morgan fingerprint density at radius 3 is 1.83 bits per heavy atom. The summed E-state index contributed by atoms with van der Waals surface area (Å²) in [7, 11) is -4.02. The molecule has 0 aromatic carbocycles. The van der Waals surface area contributed by atoms with Gasteiger partial charge in [-0.2, -0.15) is 0 Å². The molecule has 6 heteroatoms. The van der Waals surface area contributed by atoms with E-state index in [0.29, 0.717) is 19.6 Å². The van der Waals surface area contributed by atoms with Gasteiger partial charge in [-0.05, 0) is 12.8 Å². The average molecular weight is 281 g/mol. The minimum Gasteiger partial charge on any atom is -0.748 e. The number of aliphatic hydroxyl groups excluding tert-OH is 1. The van der Waals surface area contributed by atoms with Gasteiger partial charge in [0.15, 0.2) is 0 Å². The third-order valence-corrected chi connectivity index (χ3v) is 3.46. The zero-order valence-corrected chi connectivity index (χ0v) is 11.8. The van der Waals surface area contributed by atoms with Crippen LogP contribution in [-0.2, 0) is 14.9 Å². The Kier molecular flexibility index (Phi) is 11.8. The van der Waals surface area contributed by atoms with Crippen molar-refractivity contribution in [2.24, 2.45) is 0 Å². The van der Waals surface area contributed by atoms with Crippen molar-refractivity contribution in [3.8, 4) is 0 Å². The van der Waals surface area contributed by atoms with Gasteiger partial charge < -0.3 is 14.4 Å². The molecule has 0 aliphatic carbocycles. The smallest absolute Gasteiger partial charge is 0.0945 e. The first kappa shape index (κ1) is 17.8. The van der Waals surface area contributed by atoms with E-state index in [9.17, 15) is 13.0 Å². The fraction of sp³-hybridized carbons (Fsp3) is 1.00. The number of aliphatic hydroxyl groups is 1. The molecule has 0 fully saturated rings. The summed E-state index contributed by atoms with van der Waals surface area (Å²) in [5.74, 6) is -0.227. The van der Waals surface area contributed by atoms with E-state index in [-0.39, 0.29) is 12.4 Å². The van der Waals surface area contributed by atoms with Gasteiger partial charge in [-0.1, -0.05) is 38.5 Å². The lowest BCUT2D eigenvalue weighted by molar-refractivity contribution is 0.0895. The molecule has 0 rings (SSSR count). The summed E-state index contributed by atoms with van der Waals surface area (Å²) in [6.45, 7) is 1.21. The highest BCUT2D eigenvalue weighted by Gasteiger charge is 1.96. The first-order valence-corrected chi connectivity index (χ1v) is 8.26. The van der Waals surface area contributed by atoms with Crippen molar-refractivity contribution in [1.29, 1.82) is 0 Å². The van der Waals surface area contributed by atoms with Crippen molar-refractivity contribution in [2.75, 3.05) is 25.6 Å². The van der Waals surface area contributed by atoms with Crippen molar-refractivity contribution >= 4 is 10.1 Å². The highest BCUT2D eigenvalue weighted by molar-refractivity contribution is 7.85. The summed E-state index contributed by atoms with van der Waals surface area (Å²) in [5.41, 5.74) is 0. The lowest BCUT2D eigenvalue weighted by atomic mass is 10.1. The van der Waals surface area contributed by atoms with Crippen molar-refractivity contribution in [2.45, 2.75) is 51.4 Å². The Morgan fingerprint density at radius 2 is 1.33 bits per heavy atom. The second kappa shape index (κ2) is 11.9. The standard InChI is InChI=1S/C12H26O5S/c13-9-11-17-10-7-5-3-1-2-4-6-8-12-18(14,15)16/h13H,1-12H2,(H,14,15,16)/p-1. The Balaban J connectivity index is 3.03. The van der Waals surface area contributed by atoms with Gasteiger partial charge in [-0.15, -0.1) is 0 Å². The molecule has 0 spiro atoms. The van der Waals surface area contributed by atoms with Crippen LogP contribution < -0.4 is 0 Å². The van der Waals surface area contributed by atoms with Crippen LogP contribution in [0.15, 0.2) is 0 Å². The first-order chi connectivity index (χ1) is 8.56. The molecule has 0 aromatic rings. The third-order valence-electron chi connectivity index (χ3n) is 2.67. The quantitative estimate of drug-likeness (QED) is 0.410. The fourth-order valence-electron chi connectivity index (χ4n) is 1.71. The lowest BCUT2D eigenvalue weighted by Crippen LogP contribution is -2.03. The Labute approximate surface area is 110 Å². The maximum Gasteiger partial charge on any atom is 0.0945 e. The van der Waals surface area contributed by atoms with E-state index in [0.717, 1.165) is 44.9 Å². The third kappa shape index (κ3) is 15.8. The van der Waals surface area contributed by atoms with Crippen LogP contribution in [-0.4, -0.2) is 43.7 Å². The van der Waals surface area contributed by atoms with Crippen molar-refractivity contribution in [3.05, 3.63) is 0 Å². The summed E-state index contributed by atoms with van der Waals surface area (Å²) < 4.78 is 36.1. The van der Waals surface area contributed by atoms with Crippen LogP contribution >= 0.6 is 0 Å². The Morgan fingerprint density at radius 1 is 0.833 bits per heavy atom. The van der Waals surface area contributed by atoms with Crippen LogP contribution in [0, 0.1) is 0 Å². The highest BCUT2D eigenvalue weighted by atomic mass is 32.2. The summed E-state index contributed by atoms with van der Waals surface area (Å²) in [4.78, 5) is 0. The predicted octanol–water partition coefficient (Wildman–Crippen LogP) is 1.66. The zero-order chi connectivity index (χ0) is 13.7.